The molecule has 1 saturated heterocycles. The van der Waals surface area contributed by atoms with Gasteiger partial charge in [0.25, 0.3) is 0 Å². The van der Waals surface area contributed by atoms with Crippen LogP contribution >= 0.6 is 0 Å². The summed E-state index contributed by atoms with van der Waals surface area (Å²) in [4.78, 5) is 2.45. The van der Waals surface area contributed by atoms with Crippen LogP contribution < -0.4 is 0 Å². The van der Waals surface area contributed by atoms with Crippen LogP contribution in [0.25, 0.3) is 0 Å². The van der Waals surface area contributed by atoms with Gasteiger partial charge in [-0.3, -0.25) is 4.90 Å². The first-order chi connectivity index (χ1) is 5.38. The molecule has 0 unspecified atom stereocenters. The van der Waals surface area contributed by atoms with Gasteiger partial charge < -0.3 is 0 Å². The second-order valence-electron chi connectivity index (χ2n) is 3.12. The Morgan fingerprint density at radius 1 is 1.18 bits per heavy atom. The zero-order valence-corrected chi connectivity index (χ0v) is 6.83. The van der Waals surface area contributed by atoms with E-state index >= 15 is 0 Å². The number of hydrogen-bond acceptors (Lipinski definition) is 1. The topological polar surface area (TPSA) is 3.01 Å². The lowest BCUT2D eigenvalue weighted by atomic mass is 10.1. The van der Waals surface area contributed by atoms with Crippen molar-refractivity contribution in [3.8, 4) is 0 Å². The maximum Gasteiger partial charge on any atom is 0.0320 e. The first-order valence-electron chi connectivity index (χ1n) is 4.17. The summed E-state index contributed by atoms with van der Waals surface area (Å²) in [5, 5.41) is 0. The van der Waals surface area contributed by atoms with Gasteiger partial charge in [0.2, 0.25) is 0 Å². The monoisotopic (exact) mass is 147 g/mol. The van der Waals surface area contributed by atoms with E-state index in [-0.39, 0.29) is 0 Å². The van der Waals surface area contributed by atoms with E-state index < -0.39 is 0 Å². The van der Waals surface area contributed by atoms with E-state index in [9.17, 15) is 0 Å². The van der Waals surface area contributed by atoms with Crippen molar-refractivity contribution in [2.45, 2.75) is 13.0 Å². The Morgan fingerprint density at radius 2 is 1.82 bits per heavy atom. The summed E-state index contributed by atoms with van der Waals surface area (Å²) in [5.74, 6) is 0. The van der Waals surface area contributed by atoms with Crippen molar-refractivity contribution in [1.82, 2.24) is 4.90 Å². The van der Waals surface area contributed by atoms with Gasteiger partial charge in [0.1, 0.15) is 0 Å². The molecule has 0 saturated carbocycles. The summed E-state index contributed by atoms with van der Waals surface area (Å²) in [6.45, 7) is 4.81. The van der Waals surface area contributed by atoms with Crippen LogP contribution in [-0.2, 0) is 0 Å². The van der Waals surface area contributed by atoms with E-state index in [0.717, 1.165) is 0 Å². The summed E-state index contributed by atoms with van der Waals surface area (Å²) < 4.78 is 0. The summed E-state index contributed by atoms with van der Waals surface area (Å²) in [6.07, 6.45) is 0. The van der Waals surface area contributed by atoms with Crippen molar-refractivity contribution in [2.24, 2.45) is 0 Å². The molecule has 1 aliphatic heterocycles. The van der Waals surface area contributed by atoms with Crippen molar-refractivity contribution in [3.63, 3.8) is 0 Å². The first-order valence-corrected chi connectivity index (χ1v) is 4.17. The summed E-state index contributed by atoms with van der Waals surface area (Å²) in [5.41, 5.74) is 1.44. The van der Waals surface area contributed by atoms with Crippen LogP contribution in [0.2, 0.25) is 0 Å². The Hall–Kier alpha value is -0.820. The molecule has 0 amide bonds. The molecule has 0 bridgehead atoms. The fraction of sp³-hybridized carbons (Fsp3) is 0.400. The molecule has 0 aliphatic carbocycles. The number of nitrogens with zero attached hydrogens (tertiary/aromatic N) is 1. The second kappa shape index (κ2) is 2.67. The number of benzene rings is 1. The van der Waals surface area contributed by atoms with E-state index in [4.69, 9.17) is 0 Å². The Labute approximate surface area is 67.6 Å². The van der Waals surface area contributed by atoms with Gasteiger partial charge in [-0.2, -0.15) is 0 Å². The smallest absolute Gasteiger partial charge is 0.0320 e. The summed E-state index contributed by atoms with van der Waals surface area (Å²) in [7, 11) is 0. The van der Waals surface area contributed by atoms with E-state index in [1.807, 2.05) is 0 Å². The zero-order chi connectivity index (χ0) is 7.68. The maximum atomic E-state index is 2.45. The van der Waals surface area contributed by atoms with Gasteiger partial charge in [-0.15, -0.1) is 0 Å². The lowest BCUT2D eigenvalue weighted by Gasteiger charge is -2.11. The third-order valence-electron chi connectivity index (χ3n) is 2.31. The van der Waals surface area contributed by atoms with Crippen LogP contribution in [0.1, 0.15) is 18.5 Å². The Kier molecular flexibility index (Phi) is 1.66. The van der Waals surface area contributed by atoms with Gasteiger partial charge in [0.05, 0.1) is 0 Å². The number of hydrogen-bond donors (Lipinski definition) is 0. The van der Waals surface area contributed by atoms with Crippen molar-refractivity contribution in [2.75, 3.05) is 13.1 Å². The molecule has 0 spiro atoms. The van der Waals surface area contributed by atoms with Crippen molar-refractivity contribution in [3.05, 3.63) is 35.9 Å². The van der Waals surface area contributed by atoms with Crippen LogP contribution in [0, 0.1) is 0 Å². The van der Waals surface area contributed by atoms with E-state index in [1.165, 1.54) is 18.7 Å². The van der Waals surface area contributed by atoms with Crippen molar-refractivity contribution in [1.29, 1.82) is 0 Å². The molecule has 1 fully saturated rings. The molecule has 1 heteroatoms. The van der Waals surface area contributed by atoms with Gasteiger partial charge in [-0.25, -0.2) is 0 Å². The molecule has 11 heavy (non-hydrogen) atoms. The first kappa shape index (κ1) is 6.86. The Morgan fingerprint density at radius 3 is 2.36 bits per heavy atom. The highest BCUT2D eigenvalue weighted by molar-refractivity contribution is 5.19. The molecular formula is C10H13N. The van der Waals surface area contributed by atoms with Gasteiger partial charge in [0, 0.05) is 19.1 Å². The highest BCUT2D eigenvalue weighted by Crippen LogP contribution is 2.24. The quantitative estimate of drug-likeness (QED) is 0.579. The van der Waals surface area contributed by atoms with Crippen molar-refractivity contribution >= 4 is 0 Å². The van der Waals surface area contributed by atoms with Crippen LogP contribution in [0.3, 0.4) is 0 Å². The molecule has 0 radical (unpaired) electrons. The maximum absolute atomic E-state index is 2.45. The van der Waals surface area contributed by atoms with Crippen LogP contribution in [0.5, 0.6) is 0 Å². The fourth-order valence-corrected chi connectivity index (χ4v) is 1.39. The second-order valence-corrected chi connectivity index (χ2v) is 3.12. The summed E-state index contributed by atoms with van der Waals surface area (Å²) in [6, 6.07) is 11.3. The number of rotatable bonds is 2. The van der Waals surface area contributed by atoms with E-state index in [2.05, 4.69) is 42.2 Å². The van der Waals surface area contributed by atoms with E-state index in [1.54, 1.807) is 0 Å². The van der Waals surface area contributed by atoms with Gasteiger partial charge >= 0.3 is 0 Å². The molecule has 0 aromatic heterocycles. The SMILES string of the molecule is C[C@@H](c1ccccc1)N1CC1. The predicted octanol–water partition coefficient (Wildman–Crippen LogP) is 2.06. The minimum Gasteiger partial charge on any atom is -0.294 e. The third kappa shape index (κ3) is 1.43. The molecule has 1 aromatic carbocycles. The average Bonchev–Trinajstić information content (AvgIpc) is 2.87. The minimum absolute atomic E-state index is 0.621. The lowest BCUT2D eigenvalue weighted by Crippen LogP contribution is -2.03. The Bertz CT molecular complexity index is 226. The summed E-state index contributed by atoms with van der Waals surface area (Å²) >= 11 is 0. The third-order valence-corrected chi connectivity index (χ3v) is 2.31. The standard InChI is InChI=1S/C10H13N/c1-9(11-7-8-11)10-5-3-2-4-6-10/h2-6,9H,7-8H2,1H3/t9-/m0/s1. The highest BCUT2D eigenvalue weighted by Gasteiger charge is 2.24. The normalized spacial score (nSPS) is 19.7. The molecule has 1 atom stereocenters. The van der Waals surface area contributed by atoms with Crippen LogP contribution in [0.15, 0.2) is 30.3 Å². The Balaban J connectivity index is 2.15. The molecule has 2 rings (SSSR count). The average molecular weight is 147 g/mol. The van der Waals surface area contributed by atoms with Crippen molar-refractivity contribution < 1.29 is 0 Å². The van der Waals surface area contributed by atoms with Gasteiger partial charge in [0.15, 0.2) is 0 Å². The van der Waals surface area contributed by atoms with Crippen LogP contribution in [-0.4, -0.2) is 18.0 Å². The highest BCUT2D eigenvalue weighted by atomic mass is 15.3. The molecule has 1 heterocycles. The molecule has 1 aromatic rings. The van der Waals surface area contributed by atoms with E-state index in [0.29, 0.717) is 6.04 Å². The predicted molar refractivity (Wildman–Crippen MR) is 46.4 cm³/mol. The minimum atomic E-state index is 0.621. The van der Waals surface area contributed by atoms with Gasteiger partial charge in [-0.1, -0.05) is 30.3 Å². The molecule has 0 N–H and O–H groups in total. The zero-order valence-electron chi connectivity index (χ0n) is 6.83. The molecule has 1 nitrogen and oxygen atoms in total. The fourth-order valence-electron chi connectivity index (χ4n) is 1.39. The molecule has 1 aliphatic rings. The van der Waals surface area contributed by atoms with Crippen LogP contribution in [0.4, 0.5) is 0 Å². The molecule has 58 valence electrons. The largest absolute Gasteiger partial charge is 0.294 e. The van der Waals surface area contributed by atoms with Gasteiger partial charge in [-0.05, 0) is 12.5 Å². The molecular weight excluding hydrogens is 134 g/mol. The lowest BCUT2D eigenvalue weighted by molar-refractivity contribution is 0.444.